The van der Waals surface area contributed by atoms with E-state index in [1.807, 2.05) is 19.8 Å². The van der Waals surface area contributed by atoms with Gasteiger partial charge in [-0.3, -0.25) is 4.79 Å². The molecule has 0 saturated heterocycles. The van der Waals surface area contributed by atoms with Gasteiger partial charge in [0.1, 0.15) is 6.04 Å². The highest BCUT2D eigenvalue weighted by Gasteiger charge is 2.33. The Morgan fingerprint density at radius 3 is 2.24 bits per heavy atom. The molecule has 0 bridgehead atoms. The van der Waals surface area contributed by atoms with Crippen LogP contribution in [0.2, 0.25) is 0 Å². The molecule has 3 nitrogen and oxygen atoms in total. The van der Waals surface area contributed by atoms with Crippen molar-refractivity contribution >= 4 is 36.5 Å². The summed E-state index contributed by atoms with van der Waals surface area (Å²) in [7, 11) is 5.31. The zero-order valence-electron chi connectivity index (χ0n) is 12.1. The summed E-state index contributed by atoms with van der Waals surface area (Å²) >= 11 is 2.46. The summed E-state index contributed by atoms with van der Waals surface area (Å²) < 4.78 is 5.46. The summed E-state index contributed by atoms with van der Waals surface area (Å²) in [6.07, 6.45) is 1.01. The van der Waals surface area contributed by atoms with Crippen LogP contribution in [0, 0.1) is 11.3 Å². The second-order valence-electron chi connectivity index (χ2n) is 5.72. The van der Waals surface area contributed by atoms with Gasteiger partial charge in [-0.25, -0.2) is 0 Å². The molecule has 0 aromatic carbocycles. The zero-order valence-corrected chi connectivity index (χ0v) is 14.2. The number of rotatable bonds is 6. The van der Waals surface area contributed by atoms with E-state index in [4.69, 9.17) is 4.74 Å². The summed E-state index contributed by atoms with van der Waals surface area (Å²) in [5.41, 5.74) is 0.224. The standard InChI is InChI=1S/C12H25BINO2/c1-8(7-12(3,4)9(2)14)10(15(5)13)11(16)17-6/h8-10H,7,13H2,1-6H3. The number of methoxy groups -OCH3 is 1. The van der Waals surface area contributed by atoms with Crippen LogP contribution in [0.25, 0.3) is 0 Å². The number of esters is 1. The molecule has 0 N–H and O–H groups in total. The summed E-state index contributed by atoms with van der Waals surface area (Å²) in [5.74, 6) is 0.143. The van der Waals surface area contributed by atoms with Gasteiger partial charge in [-0.2, -0.15) is 0 Å². The van der Waals surface area contributed by atoms with Gasteiger partial charge in [-0.1, -0.05) is 50.3 Å². The van der Waals surface area contributed by atoms with Crippen LogP contribution in [0.1, 0.15) is 34.1 Å². The fourth-order valence-electron chi connectivity index (χ4n) is 2.18. The normalized spacial score (nSPS) is 17.6. The van der Waals surface area contributed by atoms with Crippen molar-refractivity contribution in [2.24, 2.45) is 11.3 Å². The lowest BCUT2D eigenvalue weighted by Crippen LogP contribution is -2.44. The fraction of sp³-hybridized carbons (Fsp3) is 0.917. The lowest BCUT2D eigenvalue weighted by atomic mass is 9.78. The maximum atomic E-state index is 11.8. The van der Waals surface area contributed by atoms with Gasteiger partial charge in [0.15, 0.2) is 7.98 Å². The van der Waals surface area contributed by atoms with E-state index in [-0.39, 0.29) is 23.3 Å². The number of halogens is 1. The minimum Gasteiger partial charge on any atom is -0.468 e. The highest BCUT2D eigenvalue weighted by Crippen LogP contribution is 2.35. The van der Waals surface area contributed by atoms with Crippen molar-refractivity contribution in [3.8, 4) is 0 Å². The molecule has 3 unspecified atom stereocenters. The molecule has 3 atom stereocenters. The van der Waals surface area contributed by atoms with Crippen LogP contribution < -0.4 is 0 Å². The number of carbonyl (C=O) groups excluding carboxylic acids is 1. The van der Waals surface area contributed by atoms with E-state index in [9.17, 15) is 4.79 Å². The topological polar surface area (TPSA) is 29.5 Å². The van der Waals surface area contributed by atoms with E-state index < -0.39 is 0 Å². The molecule has 0 heterocycles. The second kappa shape index (κ2) is 6.97. The molecule has 0 aliphatic rings. The van der Waals surface area contributed by atoms with Crippen molar-refractivity contribution in [2.75, 3.05) is 14.2 Å². The van der Waals surface area contributed by atoms with Crippen molar-refractivity contribution in [1.29, 1.82) is 0 Å². The quantitative estimate of drug-likeness (QED) is 0.316. The van der Waals surface area contributed by atoms with Gasteiger partial charge in [0.25, 0.3) is 0 Å². The largest absolute Gasteiger partial charge is 0.468 e. The molecule has 0 aromatic rings. The molecule has 5 heteroatoms. The summed E-state index contributed by atoms with van der Waals surface area (Å²) in [6.45, 7) is 8.85. The highest BCUT2D eigenvalue weighted by atomic mass is 127. The molecule has 0 spiro atoms. The van der Waals surface area contributed by atoms with Crippen molar-refractivity contribution < 1.29 is 9.53 Å². The summed E-state index contributed by atoms with van der Waals surface area (Å²) in [6, 6.07) is -0.158. The predicted molar refractivity (Wildman–Crippen MR) is 83.2 cm³/mol. The van der Waals surface area contributed by atoms with Crippen LogP contribution >= 0.6 is 22.6 Å². The Kier molecular flexibility index (Phi) is 7.06. The third-order valence-electron chi connectivity index (χ3n) is 3.46. The van der Waals surface area contributed by atoms with Crippen LogP contribution in [0.3, 0.4) is 0 Å². The van der Waals surface area contributed by atoms with E-state index in [0.717, 1.165) is 6.42 Å². The predicted octanol–water partition coefficient (Wildman–Crippen LogP) is 1.88. The molecule has 0 aliphatic carbocycles. The van der Waals surface area contributed by atoms with E-state index in [1.165, 1.54) is 7.11 Å². The van der Waals surface area contributed by atoms with Gasteiger partial charge >= 0.3 is 5.97 Å². The third kappa shape index (κ3) is 5.16. The molecular weight excluding hydrogens is 328 g/mol. The van der Waals surface area contributed by atoms with Gasteiger partial charge in [-0.05, 0) is 24.8 Å². The van der Waals surface area contributed by atoms with Gasteiger partial charge in [-0.15, -0.1) is 0 Å². The first kappa shape index (κ1) is 17.2. The van der Waals surface area contributed by atoms with E-state index >= 15 is 0 Å². The van der Waals surface area contributed by atoms with E-state index in [1.54, 1.807) is 0 Å². The Labute approximate surface area is 120 Å². The highest BCUT2D eigenvalue weighted by molar-refractivity contribution is 14.1. The Morgan fingerprint density at radius 2 is 1.94 bits per heavy atom. The van der Waals surface area contributed by atoms with Crippen LogP contribution in [0.15, 0.2) is 0 Å². The first-order chi connectivity index (χ1) is 7.63. The lowest BCUT2D eigenvalue weighted by molar-refractivity contribution is -0.146. The molecule has 0 radical (unpaired) electrons. The van der Waals surface area contributed by atoms with Gasteiger partial charge in [0, 0.05) is 3.92 Å². The third-order valence-corrected chi connectivity index (χ3v) is 5.15. The molecule has 17 heavy (non-hydrogen) atoms. The van der Waals surface area contributed by atoms with Crippen molar-refractivity contribution in [1.82, 2.24) is 4.81 Å². The molecule has 100 valence electrons. The number of alkyl halides is 1. The molecule has 0 fully saturated rings. The van der Waals surface area contributed by atoms with Crippen LogP contribution in [0.4, 0.5) is 0 Å². The fourth-order valence-corrected chi connectivity index (χ4v) is 2.43. The Morgan fingerprint density at radius 1 is 1.47 bits per heavy atom. The van der Waals surface area contributed by atoms with Crippen molar-refractivity contribution in [3.63, 3.8) is 0 Å². The van der Waals surface area contributed by atoms with Gasteiger partial charge < -0.3 is 9.55 Å². The number of likely N-dealkylation sites (N-methyl/N-ethyl adjacent to an activating group) is 1. The van der Waals surface area contributed by atoms with Crippen LogP contribution in [-0.4, -0.2) is 42.9 Å². The Hall–Kier alpha value is 0.225. The first-order valence-corrected chi connectivity index (χ1v) is 7.26. The molecular formula is C12H25BINO2. The first-order valence-electron chi connectivity index (χ1n) is 6.01. The SMILES string of the molecule is BN(C)C(C(=O)OC)C(C)CC(C)(C)C(C)I. The van der Waals surface area contributed by atoms with Gasteiger partial charge in [0.2, 0.25) is 0 Å². The lowest BCUT2D eigenvalue weighted by Gasteiger charge is -2.35. The summed E-state index contributed by atoms with van der Waals surface area (Å²) in [5, 5.41) is 0. The molecule has 0 amide bonds. The maximum absolute atomic E-state index is 11.8. The number of ether oxygens (including phenoxy) is 1. The molecule has 0 rings (SSSR count). The summed E-state index contributed by atoms with van der Waals surface area (Å²) in [4.78, 5) is 13.7. The number of carbonyl (C=O) groups is 1. The second-order valence-corrected chi connectivity index (χ2v) is 7.59. The van der Waals surface area contributed by atoms with Crippen molar-refractivity contribution in [3.05, 3.63) is 0 Å². The average molecular weight is 353 g/mol. The van der Waals surface area contributed by atoms with Gasteiger partial charge in [0.05, 0.1) is 7.11 Å². The monoisotopic (exact) mass is 353 g/mol. The minimum absolute atomic E-state index is 0.139. The smallest absolute Gasteiger partial charge is 0.322 e. The minimum atomic E-state index is -0.158. The molecule has 0 aliphatic heterocycles. The Bertz CT molecular complexity index is 257. The van der Waals surface area contributed by atoms with E-state index in [2.05, 4.69) is 50.3 Å². The van der Waals surface area contributed by atoms with Crippen LogP contribution in [0.5, 0.6) is 0 Å². The number of nitrogens with zero attached hydrogens (tertiary/aromatic N) is 1. The maximum Gasteiger partial charge on any atom is 0.322 e. The van der Waals surface area contributed by atoms with Crippen LogP contribution in [-0.2, 0) is 9.53 Å². The van der Waals surface area contributed by atoms with E-state index in [0.29, 0.717) is 3.92 Å². The Balaban J connectivity index is 4.75. The number of hydrogen-bond acceptors (Lipinski definition) is 3. The molecule has 0 aromatic heterocycles. The zero-order chi connectivity index (χ0) is 13.8. The van der Waals surface area contributed by atoms with Crippen molar-refractivity contribution in [2.45, 2.75) is 44.1 Å². The average Bonchev–Trinajstić information content (AvgIpc) is 2.15. The molecule has 0 saturated carbocycles. The number of hydrogen-bond donors (Lipinski definition) is 0.